The van der Waals surface area contributed by atoms with E-state index in [-0.39, 0.29) is 24.6 Å². The highest BCUT2D eigenvalue weighted by Crippen LogP contribution is 2.37. The van der Waals surface area contributed by atoms with E-state index in [4.69, 9.17) is 9.47 Å². The van der Waals surface area contributed by atoms with Gasteiger partial charge in [0.05, 0.1) is 5.56 Å². The monoisotopic (exact) mass is 374 g/mol. The van der Waals surface area contributed by atoms with Gasteiger partial charge in [-0.15, -0.1) is 0 Å². The topological polar surface area (TPSA) is 71.0 Å². The van der Waals surface area contributed by atoms with Crippen molar-refractivity contribution in [1.82, 2.24) is 4.90 Å². The second-order valence-electron chi connectivity index (χ2n) is 6.80. The molecule has 2 heterocycles. The van der Waals surface area contributed by atoms with E-state index in [9.17, 15) is 9.90 Å². The highest BCUT2D eigenvalue weighted by atomic mass is 16.7. The molecule has 0 unspecified atom stereocenters. The van der Waals surface area contributed by atoms with Gasteiger partial charge in [0.2, 0.25) is 6.79 Å². The normalized spacial score (nSPS) is 17.2. The number of fused-ring (bicyclic) bond motifs is 2. The Kier molecular flexibility index (Phi) is 3.83. The Balaban J connectivity index is 1.53. The molecule has 140 valence electrons. The molecule has 0 bridgehead atoms. The zero-order valence-electron chi connectivity index (χ0n) is 15.0. The molecule has 3 aromatic carbocycles. The standard InChI is InChI=1S/C22H18N2O4/c25-16-8-6-15(7-9-16)21-23-18-4-2-1-3-17(18)22(26)24(21)12-14-5-10-19-20(11-14)28-13-27-19/h1-11,21,23,25H,12-13H2/t21-/m0/s1. The molecule has 0 aromatic heterocycles. The van der Waals surface area contributed by atoms with E-state index in [1.54, 1.807) is 17.0 Å². The molecule has 2 aliphatic rings. The minimum Gasteiger partial charge on any atom is -0.508 e. The molecule has 6 nitrogen and oxygen atoms in total. The van der Waals surface area contributed by atoms with Crippen molar-refractivity contribution in [2.75, 3.05) is 12.1 Å². The molecule has 1 amide bonds. The largest absolute Gasteiger partial charge is 0.508 e. The highest BCUT2D eigenvalue weighted by Gasteiger charge is 2.33. The van der Waals surface area contributed by atoms with E-state index in [0.717, 1.165) is 16.8 Å². The number of para-hydroxylation sites is 1. The number of nitrogens with one attached hydrogen (secondary N) is 1. The molecule has 0 radical (unpaired) electrons. The number of nitrogens with zero attached hydrogens (tertiary/aromatic N) is 1. The van der Waals surface area contributed by atoms with Crippen LogP contribution < -0.4 is 14.8 Å². The lowest BCUT2D eigenvalue weighted by molar-refractivity contribution is 0.0666. The maximum atomic E-state index is 13.3. The fraction of sp³-hybridized carbons (Fsp3) is 0.136. The number of hydrogen-bond acceptors (Lipinski definition) is 5. The minimum absolute atomic E-state index is 0.0508. The summed E-state index contributed by atoms with van der Waals surface area (Å²) in [7, 11) is 0. The maximum absolute atomic E-state index is 13.3. The third kappa shape index (κ3) is 2.79. The summed E-state index contributed by atoms with van der Waals surface area (Å²) >= 11 is 0. The van der Waals surface area contributed by atoms with E-state index < -0.39 is 0 Å². The van der Waals surface area contributed by atoms with Crippen LogP contribution in [-0.2, 0) is 6.54 Å². The summed E-state index contributed by atoms with van der Waals surface area (Å²) in [4.78, 5) is 15.1. The summed E-state index contributed by atoms with van der Waals surface area (Å²) in [5.41, 5.74) is 3.27. The Labute approximate surface area is 161 Å². The summed E-state index contributed by atoms with van der Waals surface area (Å²) < 4.78 is 10.8. The van der Waals surface area contributed by atoms with E-state index in [1.165, 1.54) is 0 Å². The fourth-order valence-corrected chi connectivity index (χ4v) is 3.61. The summed E-state index contributed by atoms with van der Waals surface area (Å²) in [5.74, 6) is 1.54. The number of ether oxygens (including phenoxy) is 2. The van der Waals surface area contributed by atoms with Gasteiger partial charge in [0, 0.05) is 12.2 Å². The molecule has 0 saturated heterocycles. The first-order valence-corrected chi connectivity index (χ1v) is 9.03. The molecule has 1 atom stereocenters. The van der Waals surface area contributed by atoms with Gasteiger partial charge in [-0.3, -0.25) is 4.79 Å². The lowest BCUT2D eigenvalue weighted by Crippen LogP contribution is -2.42. The fourth-order valence-electron chi connectivity index (χ4n) is 3.61. The lowest BCUT2D eigenvalue weighted by Gasteiger charge is -2.38. The number of anilines is 1. The Morgan fingerprint density at radius 3 is 2.64 bits per heavy atom. The number of rotatable bonds is 3. The first-order chi connectivity index (χ1) is 13.7. The molecule has 0 aliphatic carbocycles. The van der Waals surface area contributed by atoms with Crippen LogP contribution in [0.1, 0.15) is 27.7 Å². The van der Waals surface area contributed by atoms with Gasteiger partial charge in [0.25, 0.3) is 5.91 Å². The van der Waals surface area contributed by atoms with Crippen LogP contribution in [0.25, 0.3) is 0 Å². The van der Waals surface area contributed by atoms with Crippen LogP contribution in [0.2, 0.25) is 0 Å². The van der Waals surface area contributed by atoms with Crippen molar-refractivity contribution in [3.05, 3.63) is 83.4 Å². The summed E-state index contributed by atoms with van der Waals surface area (Å²) in [6.45, 7) is 0.620. The quantitative estimate of drug-likeness (QED) is 0.728. The van der Waals surface area contributed by atoms with Crippen molar-refractivity contribution in [3.8, 4) is 17.2 Å². The summed E-state index contributed by atoms with van der Waals surface area (Å²) in [5, 5.41) is 13.1. The maximum Gasteiger partial charge on any atom is 0.258 e. The van der Waals surface area contributed by atoms with Gasteiger partial charge in [-0.25, -0.2) is 0 Å². The number of carbonyl (C=O) groups excluding carboxylic acids is 1. The van der Waals surface area contributed by atoms with Crippen LogP contribution >= 0.6 is 0 Å². The number of hydrogen-bond donors (Lipinski definition) is 2. The molecule has 2 aliphatic heterocycles. The lowest BCUT2D eigenvalue weighted by atomic mass is 10.0. The summed E-state index contributed by atoms with van der Waals surface area (Å²) in [6.07, 6.45) is -0.353. The number of amides is 1. The third-order valence-electron chi connectivity index (χ3n) is 5.02. The number of phenols is 1. The van der Waals surface area contributed by atoms with Crippen molar-refractivity contribution < 1.29 is 19.4 Å². The minimum atomic E-state index is -0.353. The predicted octanol–water partition coefficient (Wildman–Crippen LogP) is 3.89. The Hall–Kier alpha value is -3.67. The molecule has 28 heavy (non-hydrogen) atoms. The zero-order valence-corrected chi connectivity index (χ0v) is 15.0. The van der Waals surface area contributed by atoms with Crippen LogP contribution in [0.4, 0.5) is 5.69 Å². The van der Waals surface area contributed by atoms with Gasteiger partial charge < -0.3 is 24.8 Å². The van der Waals surface area contributed by atoms with Gasteiger partial charge in [0.15, 0.2) is 11.5 Å². The van der Waals surface area contributed by atoms with Gasteiger partial charge in [-0.05, 0) is 47.5 Å². The van der Waals surface area contributed by atoms with Gasteiger partial charge in [0.1, 0.15) is 11.9 Å². The molecule has 0 saturated carbocycles. The molecular formula is C22H18N2O4. The van der Waals surface area contributed by atoms with Crippen molar-refractivity contribution >= 4 is 11.6 Å². The smallest absolute Gasteiger partial charge is 0.258 e. The van der Waals surface area contributed by atoms with Gasteiger partial charge >= 0.3 is 0 Å². The molecule has 6 heteroatoms. The van der Waals surface area contributed by atoms with E-state index in [1.807, 2.05) is 54.6 Å². The van der Waals surface area contributed by atoms with E-state index >= 15 is 0 Å². The van der Waals surface area contributed by atoms with E-state index in [2.05, 4.69) is 5.32 Å². The Morgan fingerprint density at radius 2 is 1.79 bits per heavy atom. The van der Waals surface area contributed by atoms with Crippen LogP contribution in [0, 0.1) is 0 Å². The second kappa shape index (κ2) is 6.49. The molecule has 2 N–H and O–H groups in total. The van der Waals surface area contributed by atoms with Crippen LogP contribution in [0.3, 0.4) is 0 Å². The van der Waals surface area contributed by atoms with E-state index in [0.29, 0.717) is 23.6 Å². The SMILES string of the molecule is O=C1c2ccccc2N[C@H](c2ccc(O)cc2)N1Cc1ccc2c(c1)OCO2. The van der Waals surface area contributed by atoms with Crippen LogP contribution in [0.5, 0.6) is 17.2 Å². The number of phenolic OH excluding ortho intramolecular Hbond substituents is 1. The molecule has 5 rings (SSSR count). The predicted molar refractivity (Wildman–Crippen MR) is 103 cm³/mol. The Morgan fingerprint density at radius 1 is 1.00 bits per heavy atom. The molecular weight excluding hydrogens is 356 g/mol. The van der Waals surface area contributed by atoms with Gasteiger partial charge in [-0.2, -0.15) is 0 Å². The van der Waals surface area contributed by atoms with Gasteiger partial charge in [-0.1, -0.05) is 30.3 Å². The first kappa shape index (κ1) is 16.5. The first-order valence-electron chi connectivity index (χ1n) is 9.03. The number of aromatic hydroxyl groups is 1. The molecule has 3 aromatic rings. The average molecular weight is 374 g/mol. The number of carbonyl (C=O) groups is 1. The van der Waals surface area contributed by atoms with Crippen LogP contribution in [-0.4, -0.2) is 22.7 Å². The number of benzene rings is 3. The molecule has 0 fully saturated rings. The average Bonchev–Trinajstić information content (AvgIpc) is 3.18. The van der Waals surface area contributed by atoms with Crippen LogP contribution in [0.15, 0.2) is 66.7 Å². The molecule has 0 spiro atoms. The second-order valence-corrected chi connectivity index (χ2v) is 6.80. The van der Waals surface area contributed by atoms with Crippen molar-refractivity contribution in [3.63, 3.8) is 0 Å². The van der Waals surface area contributed by atoms with Crippen molar-refractivity contribution in [2.45, 2.75) is 12.7 Å². The zero-order chi connectivity index (χ0) is 19.1. The highest BCUT2D eigenvalue weighted by molar-refractivity contribution is 6.01. The van der Waals surface area contributed by atoms with Crippen molar-refractivity contribution in [2.24, 2.45) is 0 Å². The van der Waals surface area contributed by atoms with Crippen molar-refractivity contribution in [1.29, 1.82) is 0 Å². The Bertz CT molecular complexity index is 1050. The summed E-state index contributed by atoms with van der Waals surface area (Å²) in [6, 6.07) is 20.1. The third-order valence-corrected chi connectivity index (χ3v) is 5.02.